The van der Waals surface area contributed by atoms with Gasteiger partial charge < -0.3 is 15.0 Å². The predicted octanol–water partition coefficient (Wildman–Crippen LogP) is 4.29. The van der Waals surface area contributed by atoms with Crippen LogP contribution in [0.2, 0.25) is 0 Å². The van der Waals surface area contributed by atoms with E-state index < -0.39 is 35.4 Å². The Bertz CT molecular complexity index is 2390. The maximum Gasteiger partial charge on any atom is 0.434 e. The van der Waals surface area contributed by atoms with Crippen LogP contribution in [0.15, 0.2) is 53.7 Å². The largest absolute Gasteiger partial charge is 0.494 e. The van der Waals surface area contributed by atoms with E-state index in [0.29, 0.717) is 35.3 Å². The molecule has 5 heterocycles. The highest BCUT2D eigenvalue weighted by Crippen LogP contribution is 2.36. The van der Waals surface area contributed by atoms with Crippen LogP contribution < -0.4 is 26.0 Å². The lowest BCUT2D eigenvalue weighted by atomic mass is 9.85. The number of piperazine rings is 1. The van der Waals surface area contributed by atoms with Crippen molar-refractivity contribution in [3.8, 4) is 5.75 Å². The Hall–Kier alpha value is -5.78. The number of hydrogen-bond donors (Lipinski definition) is 2. The summed E-state index contributed by atoms with van der Waals surface area (Å²) in [5.74, 6) is -0.766. The second-order valence-electron chi connectivity index (χ2n) is 14.7. The number of aryl methyl sites for hydroxylation is 1. The molecule has 1 unspecified atom stereocenters. The molecule has 8 rings (SSSR count). The highest BCUT2D eigenvalue weighted by Gasteiger charge is 2.35. The zero-order valence-corrected chi connectivity index (χ0v) is 30.9. The zero-order valence-electron chi connectivity index (χ0n) is 30.9. The highest BCUT2D eigenvalue weighted by molar-refractivity contribution is 6.05. The molecule has 15 nitrogen and oxygen atoms in total. The number of para-hydroxylation sites is 1. The fraction of sp³-hybridized carbons (Fsp3) is 0.447. The van der Waals surface area contributed by atoms with E-state index in [9.17, 15) is 32.3 Å². The Kier molecular flexibility index (Phi) is 9.76. The van der Waals surface area contributed by atoms with Crippen molar-refractivity contribution < 1.29 is 32.3 Å². The number of imide groups is 1. The predicted molar refractivity (Wildman–Crippen MR) is 200 cm³/mol. The van der Waals surface area contributed by atoms with Crippen molar-refractivity contribution in [3.63, 3.8) is 0 Å². The summed E-state index contributed by atoms with van der Waals surface area (Å²) in [6.45, 7) is 4.34. The number of benzene rings is 2. The van der Waals surface area contributed by atoms with Gasteiger partial charge in [-0.3, -0.25) is 43.4 Å². The number of nitrogens with one attached hydrogen (secondary N) is 2. The quantitative estimate of drug-likeness (QED) is 0.218. The topological polar surface area (TPSA) is 162 Å². The van der Waals surface area contributed by atoms with E-state index in [2.05, 4.69) is 30.4 Å². The van der Waals surface area contributed by atoms with Crippen LogP contribution in [0.4, 0.5) is 24.5 Å². The van der Waals surface area contributed by atoms with Gasteiger partial charge in [0.15, 0.2) is 5.69 Å². The lowest BCUT2D eigenvalue weighted by molar-refractivity contribution is -0.141. The first-order chi connectivity index (χ1) is 26.9. The Morgan fingerprint density at radius 2 is 1.79 bits per heavy atom. The van der Waals surface area contributed by atoms with Crippen molar-refractivity contribution in [2.75, 3.05) is 50.1 Å². The molecule has 5 aromatic rings. The average molecular weight is 775 g/mol. The fourth-order valence-corrected chi connectivity index (χ4v) is 8.35. The third-order valence-corrected chi connectivity index (χ3v) is 11.3. The minimum absolute atomic E-state index is 0.192. The summed E-state index contributed by atoms with van der Waals surface area (Å²) >= 11 is 0. The summed E-state index contributed by atoms with van der Waals surface area (Å²) in [4.78, 5) is 62.5. The first-order valence-electron chi connectivity index (χ1n) is 18.7. The van der Waals surface area contributed by atoms with Gasteiger partial charge in [0, 0.05) is 63.8 Å². The second kappa shape index (κ2) is 14.7. The van der Waals surface area contributed by atoms with E-state index in [4.69, 9.17) is 9.84 Å². The van der Waals surface area contributed by atoms with Gasteiger partial charge in [0.1, 0.15) is 17.5 Å². The van der Waals surface area contributed by atoms with Gasteiger partial charge >= 0.3 is 11.9 Å². The second-order valence-corrected chi connectivity index (χ2v) is 14.7. The lowest BCUT2D eigenvalue weighted by Crippen LogP contribution is -2.48. The van der Waals surface area contributed by atoms with Crippen molar-refractivity contribution in [2.45, 2.75) is 56.8 Å². The number of carbonyl (C=O) groups is 3. The molecule has 2 N–H and O–H groups in total. The maximum absolute atomic E-state index is 13.4. The van der Waals surface area contributed by atoms with E-state index in [1.807, 2.05) is 29.1 Å². The Labute approximate surface area is 318 Å². The molecule has 2 aromatic carbocycles. The van der Waals surface area contributed by atoms with Crippen molar-refractivity contribution in [1.82, 2.24) is 39.1 Å². The van der Waals surface area contributed by atoms with E-state index in [0.717, 1.165) is 81.2 Å². The molecule has 2 saturated heterocycles. The molecule has 1 saturated carbocycles. The first kappa shape index (κ1) is 37.2. The van der Waals surface area contributed by atoms with Gasteiger partial charge in [-0.1, -0.05) is 6.07 Å². The summed E-state index contributed by atoms with van der Waals surface area (Å²) in [5, 5.41) is 10.5. The van der Waals surface area contributed by atoms with Gasteiger partial charge in [0.25, 0.3) is 5.91 Å². The Balaban J connectivity index is 0.877. The van der Waals surface area contributed by atoms with E-state index >= 15 is 0 Å². The fourth-order valence-electron chi connectivity index (χ4n) is 8.35. The van der Waals surface area contributed by atoms with Crippen LogP contribution in [0.3, 0.4) is 0 Å². The number of fused-ring (bicyclic) bond motifs is 2. The molecule has 0 radical (unpaired) electrons. The van der Waals surface area contributed by atoms with Crippen LogP contribution in [0, 0.1) is 5.92 Å². The van der Waals surface area contributed by atoms with E-state index in [1.165, 1.54) is 11.7 Å². The third-order valence-electron chi connectivity index (χ3n) is 11.3. The number of ether oxygens (including phenoxy) is 1. The normalized spacial score (nSPS) is 21.1. The number of imidazole rings is 1. The number of piperidine rings is 1. The average Bonchev–Trinajstić information content (AvgIpc) is 3.72. The van der Waals surface area contributed by atoms with Gasteiger partial charge in [-0.05, 0) is 56.2 Å². The molecular weight excluding hydrogens is 733 g/mol. The van der Waals surface area contributed by atoms with Crippen LogP contribution >= 0.6 is 0 Å². The van der Waals surface area contributed by atoms with Crippen molar-refractivity contribution in [1.29, 1.82) is 0 Å². The molecule has 1 aliphatic carbocycles. The maximum atomic E-state index is 13.4. The summed E-state index contributed by atoms with van der Waals surface area (Å²) in [5.41, 5.74) is 1.36. The SMILES string of the molecule is COc1cc2nn([C@H]3CC[C@H](CN4CCN(c5cccc6c5n(C)c(=O)n6C5CCC(=O)NC5=O)CC4)CC3)cc2cc1NC(=O)c1cncc(C(F)(F)F)n1. The van der Waals surface area contributed by atoms with Crippen LogP contribution in [0.25, 0.3) is 21.9 Å². The minimum atomic E-state index is -4.73. The smallest absolute Gasteiger partial charge is 0.434 e. The number of nitrogens with zero attached hydrogens (tertiary/aromatic N) is 8. The van der Waals surface area contributed by atoms with E-state index in [-0.39, 0.29) is 29.7 Å². The lowest BCUT2D eigenvalue weighted by Gasteiger charge is -2.39. The van der Waals surface area contributed by atoms with Crippen LogP contribution in [-0.4, -0.2) is 91.3 Å². The molecule has 18 heteroatoms. The number of hydrogen-bond acceptors (Lipinski definition) is 10. The number of carbonyl (C=O) groups excluding carboxylic acids is 3. The van der Waals surface area contributed by atoms with Crippen LogP contribution in [0.5, 0.6) is 5.75 Å². The molecule has 1 atom stereocenters. The summed E-state index contributed by atoms with van der Waals surface area (Å²) in [6, 6.07) is 8.65. The van der Waals surface area contributed by atoms with Gasteiger partial charge in [-0.15, -0.1) is 0 Å². The van der Waals surface area contributed by atoms with Crippen LogP contribution in [0.1, 0.15) is 66.8 Å². The number of methoxy groups -OCH3 is 1. The summed E-state index contributed by atoms with van der Waals surface area (Å²) in [6.07, 6.45) is 3.20. The molecule has 3 amide bonds. The molecule has 3 fully saturated rings. The monoisotopic (exact) mass is 774 g/mol. The number of anilines is 2. The molecule has 0 spiro atoms. The molecule has 294 valence electrons. The van der Waals surface area contributed by atoms with Gasteiger partial charge in [0.2, 0.25) is 11.8 Å². The number of alkyl halides is 3. The molecule has 56 heavy (non-hydrogen) atoms. The van der Waals surface area contributed by atoms with Crippen molar-refractivity contribution in [3.05, 3.63) is 70.8 Å². The molecule has 2 aliphatic heterocycles. The third kappa shape index (κ3) is 7.08. The number of aromatic nitrogens is 6. The Morgan fingerprint density at radius 1 is 1.02 bits per heavy atom. The molecule has 0 bridgehead atoms. The standard InChI is InChI=1S/C38H41F3N10O5/c1-47-34-28(4-3-5-29(34)51(37(47)55)30-10-11-33(52)45-36(30)54)49-14-12-48(13-15-49)20-22-6-8-24(9-7-22)50-21-23-16-26(31(56-2)17-25(23)46-50)44-35(53)27-18-42-19-32(43-27)38(39,40)41/h3-5,16-19,21-22,24,30H,6-15,20H2,1-2H3,(H,44,53)(H,45,52,54)/t22-,24-,30?. The van der Waals surface area contributed by atoms with Crippen molar-refractivity contribution in [2.24, 2.45) is 13.0 Å². The summed E-state index contributed by atoms with van der Waals surface area (Å²) < 4.78 is 50.0. The summed E-state index contributed by atoms with van der Waals surface area (Å²) in [7, 11) is 3.17. The van der Waals surface area contributed by atoms with Crippen LogP contribution in [-0.2, 0) is 22.8 Å². The Morgan fingerprint density at radius 3 is 2.50 bits per heavy atom. The number of amides is 3. The van der Waals surface area contributed by atoms with Crippen molar-refractivity contribution >= 4 is 51.0 Å². The van der Waals surface area contributed by atoms with Gasteiger partial charge in [0.05, 0.1) is 53.5 Å². The molecular formula is C38H41F3N10O5. The zero-order chi connectivity index (χ0) is 39.3. The molecule has 3 aliphatic rings. The molecule has 3 aromatic heterocycles. The van der Waals surface area contributed by atoms with Gasteiger partial charge in [-0.25, -0.2) is 9.78 Å². The number of rotatable bonds is 8. The highest BCUT2D eigenvalue weighted by atomic mass is 19.4. The number of halogens is 3. The van der Waals surface area contributed by atoms with Gasteiger partial charge in [-0.2, -0.15) is 18.3 Å². The first-order valence-corrected chi connectivity index (χ1v) is 18.7. The van der Waals surface area contributed by atoms with E-state index in [1.54, 1.807) is 23.7 Å². The minimum Gasteiger partial charge on any atom is -0.494 e.